The Morgan fingerprint density at radius 3 is 2.85 bits per heavy atom. The van der Waals surface area contributed by atoms with E-state index in [1.807, 2.05) is 0 Å². The molecule has 1 aromatic rings. The largest absolute Gasteiger partial charge is 0.316 e. The average Bonchev–Trinajstić information content (AvgIpc) is 2.68. The van der Waals surface area contributed by atoms with E-state index in [1.165, 1.54) is 19.4 Å². The van der Waals surface area contributed by atoms with Crippen molar-refractivity contribution in [1.82, 2.24) is 25.5 Å². The molecule has 70 valence electrons. The molecule has 5 heteroatoms. The first-order chi connectivity index (χ1) is 6.38. The Balaban J connectivity index is 1.74. The number of hydrogen-bond donors (Lipinski definition) is 1. The molecule has 2 aliphatic rings. The molecule has 13 heavy (non-hydrogen) atoms. The molecular weight excluding hydrogens is 166 g/mol. The Kier molecular flexibility index (Phi) is 1.44. The van der Waals surface area contributed by atoms with Crippen molar-refractivity contribution in [2.75, 3.05) is 13.1 Å². The third-order valence-corrected chi connectivity index (χ3v) is 3.44. The summed E-state index contributed by atoms with van der Waals surface area (Å²) in [4.78, 5) is 1.74. The van der Waals surface area contributed by atoms with Gasteiger partial charge in [-0.2, -0.15) is 4.80 Å². The van der Waals surface area contributed by atoms with Crippen LogP contribution in [0, 0.1) is 17.8 Å². The quantitative estimate of drug-likeness (QED) is 0.677. The van der Waals surface area contributed by atoms with Crippen molar-refractivity contribution in [3.63, 3.8) is 0 Å². The molecule has 1 saturated carbocycles. The molecule has 1 aliphatic heterocycles. The van der Waals surface area contributed by atoms with Crippen LogP contribution in [-0.2, 0) is 0 Å². The molecule has 3 rings (SSSR count). The minimum atomic E-state index is 0.416. The maximum absolute atomic E-state index is 4.08. The summed E-state index contributed by atoms with van der Waals surface area (Å²) in [6.07, 6.45) is 1.51. The number of aromatic nitrogens is 4. The van der Waals surface area contributed by atoms with Crippen LogP contribution in [0.2, 0.25) is 0 Å². The highest BCUT2D eigenvalue weighted by Gasteiger charge is 2.56. The van der Waals surface area contributed by atoms with Crippen LogP contribution in [0.15, 0.2) is 6.33 Å². The van der Waals surface area contributed by atoms with Gasteiger partial charge in [0.05, 0.1) is 6.04 Å². The molecule has 1 aromatic heterocycles. The fraction of sp³-hybridized carbons (Fsp3) is 0.875. The second-order valence-electron chi connectivity index (χ2n) is 4.06. The highest BCUT2D eigenvalue weighted by Crippen LogP contribution is 2.54. The molecular formula is C8H13N5. The highest BCUT2D eigenvalue weighted by atomic mass is 15.6. The second-order valence-corrected chi connectivity index (χ2v) is 4.06. The first kappa shape index (κ1) is 7.44. The van der Waals surface area contributed by atoms with Crippen LogP contribution < -0.4 is 5.32 Å². The van der Waals surface area contributed by atoms with E-state index in [4.69, 9.17) is 0 Å². The van der Waals surface area contributed by atoms with Crippen molar-refractivity contribution in [1.29, 1.82) is 0 Å². The topological polar surface area (TPSA) is 55.6 Å². The SMILES string of the molecule is CC(C1[C@H]2CNC[C@@H]12)n1ncnn1. The Labute approximate surface area is 76.5 Å². The minimum absolute atomic E-state index is 0.416. The minimum Gasteiger partial charge on any atom is -0.316 e. The normalized spacial score (nSPS) is 38.7. The number of rotatable bonds is 2. The van der Waals surface area contributed by atoms with E-state index in [9.17, 15) is 0 Å². The van der Waals surface area contributed by atoms with Gasteiger partial charge in [-0.05, 0) is 43.0 Å². The molecule has 2 unspecified atom stereocenters. The number of fused-ring (bicyclic) bond motifs is 1. The van der Waals surface area contributed by atoms with Gasteiger partial charge >= 0.3 is 0 Å². The number of piperidine rings is 1. The van der Waals surface area contributed by atoms with Crippen LogP contribution in [0.4, 0.5) is 0 Å². The third kappa shape index (κ3) is 0.997. The van der Waals surface area contributed by atoms with Crippen LogP contribution in [0.5, 0.6) is 0 Å². The molecule has 0 radical (unpaired) electrons. The Bertz CT molecular complexity index is 285. The van der Waals surface area contributed by atoms with E-state index >= 15 is 0 Å². The van der Waals surface area contributed by atoms with Gasteiger partial charge in [-0.15, -0.1) is 10.2 Å². The van der Waals surface area contributed by atoms with E-state index in [0.717, 1.165) is 17.8 Å². The fourth-order valence-electron chi connectivity index (χ4n) is 2.70. The van der Waals surface area contributed by atoms with Gasteiger partial charge in [0.15, 0.2) is 6.33 Å². The molecule has 5 nitrogen and oxygen atoms in total. The summed E-state index contributed by atoms with van der Waals surface area (Å²) in [6, 6.07) is 0.416. The Morgan fingerprint density at radius 2 is 2.23 bits per heavy atom. The fourth-order valence-corrected chi connectivity index (χ4v) is 2.70. The lowest BCUT2D eigenvalue weighted by Crippen LogP contribution is -2.20. The molecule has 2 fully saturated rings. The predicted octanol–water partition coefficient (Wildman–Crippen LogP) is -0.301. The standard InChI is InChI=1S/C8H13N5/c1-5(13-11-4-10-12-13)8-6-2-9-3-7(6)8/h4-9H,2-3H2,1H3/t5?,6-,7+,8?. The smallest absolute Gasteiger partial charge is 0.162 e. The zero-order valence-electron chi connectivity index (χ0n) is 7.59. The maximum atomic E-state index is 4.08. The summed E-state index contributed by atoms with van der Waals surface area (Å²) in [5, 5.41) is 15.1. The van der Waals surface area contributed by atoms with Crippen molar-refractivity contribution in [2.45, 2.75) is 13.0 Å². The van der Waals surface area contributed by atoms with E-state index in [1.54, 1.807) is 4.80 Å². The summed E-state index contributed by atoms with van der Waals surface area (Å²) >= 11 is 0. The lowest BCUT2D eigenvalue weighted by Gasteiger charge is -2.11. The number of nitrogens with one attached hydrogen (secondary N) is 1. The summed E-state index contributed by atoms with van der Waals surface area (Å²) in [7, 11) is 0. The van der Waals surface area contributed by atoms with Crippen molar-refractivity contribution in [3.05, 3.63) is 6.33 Å². The van der Waals surface area contributed by atoms with Gasteiger partial charge in [0, 0.05) is 0 Å². The van der Waals surface area contributed by atoms with Gasteiger partial charge in [0.25, 0.3) is 0 Å². The third-order valence-electron chi connectivity index (χ3n) is 3.44. The highest BCUT2D eigenvalue weighted by molar-refractivity contribution is 5.06. The molecule has 4 atom stereocenters. The monoisotopic (exact) mass is 179 g/mol. The Morgan fingerprint density at radius 1 is 1.46 bits per heavy atom. The molecule has 0 bridgehead atoms. The molecule has 1 N–H and O–H groups in total. The first-order valence-corrected chi connectivity index (χ1v) is 4.81. The van der Waals surface area contributed by atoms with Gasteiger partial charge in [0.2, 0.25) is 0 Å². The molecule has 0 amide bonds. The van der Waals surface area contributed by atoms with E-state index in [2.05, 4.69) is 27.7 Å². The zero-order chi connectivity index (χ0) is 8.84. The van der Waals surface area contributed by atoms with Gasteiger partial charge in [-0.3, -0.25) is 0 Å². The maximum Gasteiger partial charge on any atom is 0.162 e. The predicted molar refractivity (Wildman–Crippen MR) is 45.9 cm³/mol. The van der Waals surface area contributed by atoms with Crippen molar-refractivity contribution < 1.29 is 0 Å². The van der Waals surface area contributed by atoms with E-state index < -0.39 is 0 Å². The van der Waals surface area contributed by atoms with E-state index in [-0.39, 0.29) is 0 Å². The second kappa shape index (κ2) is 2.51. The van der Waals surface area contributed by atoms with Crippen molar-refractivity contribution in [3.8, 4) is 0 Å². The van der Waals surface area contributed by atoms with Crippen LogP contribution in [0.1, 0.15) is 13.0 Å². The van der Waals surface area contributed by atoms with Crippen LogP contribution in [-0.4, -0.2) is 33.3 Å². The summed E-state index contributed by atoms with van der Waals surface area (Å²) in [5.74, 6) is 2.50. The van der Waals surface area contributed by atoms with Gasteiger partial charge in [-0.25, -0.2) is 0 Å². The summed E-state index contributed by atoms with van der Waals surface area (Å²) in [6.45, 7) is 4.54. The Hall–Kier alpha value is -0.970. The average molecular weight is 179 g/mol. The molecule has 1 saturated heterocycles. The van der Waals surface area contributed by atoms with Gasteiger partial charge in [-0.1, -0.05) is 0 Å². The lowest BCUT2D eigenvalue weighted by molar-refractivity contribution is 0.346. The molecule has 0 spiro atoms. The first-order valence-electron chi connectivity index (χ1n) is 4.81. The van der Waals surface area contributed by atoms with Gasteiger partial charge in [0.1, 0.15) is 0 Å². The van der Waals surface area contributed by atoms with Crippen LogP contribution in [0.25, 0.3) is 0 Å². The molecule has 2 heterocycles. The van der Waals surface area contributed by atoms with Crippen molar-refractivity contribution in [2.24, 2.45) is 17.8 Å². The van der Waals surface area contributed by atoms with E-state index in [0.29, 0.717) is 6.04 Å². The molecule has 0 aromatic carbocycles. The lowest BCUT2D eigenvalue weighted by atomic mass is 10.1. The zero-order valence-corrected chi connectivity index (χ0v) is 7.59. The summed E-state index contributed by atoms with van der Waals surface area (Å²) < 4.78 is 0. The van der Waals surface area contributed by atoms with Crippen LogP contribution in [0.3, 0.4) is 0 Å². The number of nitrogens with zero attached hydrogens (tertiary/aromatic N) is 4. The van der Waals surface area contributed by atoms with Crippen LogP contribution >= 0.6 is 0 Å². The summed E-state index contributed by atoms with van der Waals surface area (Å²) in [5.41, 5.74) is 0. The van der Waals surface area contributed by atoms with Gasteiger partial charge < -0.3 is 5.32 Å². The number of hydrogen-bond acceptors (Lipinski definition) is 4. The van der Waals surface area contributed by atoms with Crippen molar-refractivity contribution >= 4 is 0 Å². The molecule has 1 aliphatic carbocycles. The number of tetrazole rings is 1.